The van der Waals surface area contributed by atoms with Crippen molar-refractivity contribution in [3.05, 3.63) is 64.9 Å². The number of amides is 1. The summed E-state index contributed by atoms with van der Waals surface area (Å²) >= 11 is 0. The molecule has 0 atom stereocenters. The predicted octanol–water partition coefficient (Wildman–Crippen LogP) is 5.91. The number of pyridine rings is 2. The monoisotopic (exact) mass is 530 g/mol. The maximum atomic E-state index is 14.5. The number of carbonyl (C=O) groups is 1. The van der Waals surface area contributed by atoms with Crippen molar-refractivity contribution in [3.63, 3.8) is 0 Å². The molecule has 37 heavy (non-hydrogen) atoms. The summed E-state index contributed by atoms with van der Waals surface area (Å²) in [5, 5.41) is 0. The number of carbonyl (C=O) groups excluding carboxylic acids is 1. The number of fused-ring (bicyclic) bond motifs is 1. The molecule has 14 heteroatoms. The number of ether oxygens (including phenoxy) is 2. The fraction of sp³-hybridized carbons (Fsp3) is 0.261. The van der Waals surface area contributed by atoms with E-state index in [9.17, 15) is 35.5 Å². The number of aromatic nitrogens is 2. The molecular weight excluding hydrogens is 513 g/mol. The van der Waals surface area contributed by atoms with Gasteiger partial charge in [-0.25, -0.2) is 14.4 Å². The molecule has 0 saturated heterocycles. The van der Waals surface area contributed by atoms with Gasteiger partial charge in [-0.1, -0.05) is 0 Å². The van der Waals surface area contributed by atoms with Crippen LogP contribution in [-0.4, -0.2) is 36.0 Å². The van der Waals surface area contributed by atoms with Crippen molar-refractivity contribution in [1.82, 2.24) is 9.97 Å². The van der Waals surface area contributed by atoms with Crippen molar-refractivity contribution < 1.29 is 45.0 Å². The minimum atomic E-state index is -4.93. The number of hydrogen-bond donors (Lipinski definition) is 0. The Morgan fingerprint density at radius 3 is 2.24 bits per heavy atom. The Kier molecular flexibility index (Phi) is 6.38. The van der Waals surface area contributed by atoms with E-state index in [1.54, 1.807) is 0 Å². The SMILES string of the molecule is COc1nc(C)c(N2CN(c3ccc(OC(F)(F)F)cc3C)c3cnc(C(F)(F)F)cc3C2=O)cc1F. The third kappa shape index (κ3) is 5.08. The lowest BCUT2D eigenvalue weighted by Gasteiger charge is -2.39. The van der Waals surface area contributed by atoms with Crippen molar-refractivity contribution in [2.45, 2.75) is 26.4 Å². The van der Waals surface area contributed by atoms with E-state index in [1.807, 2.05) is 0 Å². The van der Waals surface area contributed by atoms with Gasteiger partial charge in [0, 0.05) is 11.8 Å². The van der Waals surface area contributed by atoms with Crippen molar-refractivity contribution in [3.8, 4) is 11.6 Å². The third-order valence-corrected chi connectivity index (χ3v) is 5.51. The topological polar surface area (TPSA) is 67.8 Å². The van der Waals surface area contributed by atoms with Crippen LogP contribution in [0.1, 0.15) is 27.3 Å². The van der Waals surface area contributed by atoms with Crippen molar-refractivity contribution in [2.24, 2.45) is 0 Å². The van der Waals surface area contributed by atoms with E-state index < -0.39 is 41.3 Å². The smallest absolute Gasteiger partial charge is 0.479 e. The minimum Gasteiger partial charge on any atom is -0.479 e. The molecule has 2 aromatic heterocycles. The summed E-state index contributed by atoms with van der Waals surface area (Å²) in [4.78, 5) is 23.1. The Bertz CT molecular complexity index is 1380. The van der Waals surface area contributed by atoms with Crippen LogP contribution in [-0.2, 0) is 6.18 Å². The van der Waals surface area contributed by atoms with Gasteiger partial charge in [-0.3, -0.25) is 9.69 Å². The van der Waals surface area contributed by atoms with Gasteiger partial charge in [0.1, 0.15) is 18.1 Å². The molecule has 4 rings (SSSR count). The van der Waals surface area contributed by atoms with Crippen LogP contribution in [0, 0.1) is 19.7 Å². The lowest BCUT2D eigenvalue weighted by molar-refractivity contribution is -0.274. The highest BCUT2D eigenvalue weighted by Crippen LogP contribution is 2.41. The molecule has 0 radical (unpaired) electrons. The second-order valence-corrected chi connectivity index (χ2v) is 7.97. The van der Waals surface area contributed by atoms with Gasteiger partial charge >= 0.3 is 12.5 Å². The lowest BCUT2D eigenvalue weighted by atomic mass is 10.1. The summed E-state index contributed by atoms with van der Waals surface area (Å²) in [6.45, 7) is 2.57. The average molecular weight is 530 g/mol. The molecule has 196 valence electrons. The normalized spacial score (nSPS) is 14.1. The molecule has 0 bridgehead atoms. The fourth-order valence-corrected chi connectivity index (χ4v) is 3.90. The second-order valence-electron chi connectivity index (χ2n) is 7.97. The van der Waals surface area contributed by atoms with Crippen molar-refractivity contribution in [1.29, 1.82) is 0 Å². The van der Waals surface area contributed by atoms with Crippen LogP contribution < -0.4 is 19.3 Å². The minimum absolute atomic E-state index is 0.0264. The number of nitrogens with zero attached hydrogens (tertiary/aromatic N) is 4. The van der Waals surface area contributed by atoms with Gasteiger partial charge in [-0.15, -0.1) is 13.2 Å². The van der Waals surface area contributed by atoms with Gasteiger partial charge in [-0.05, 0) is 43.7 Å². The highest BCUT2D eigenvalue weighted by molar-refractivity contribution is 6.12. The maximum Gasteiger partial charge on any atom is 0.573 e. The van der Waals surface area contributed by atoms with Gasteiger partial charge in [-0.2, -0.15) is 13.2 Å². The van der Waals surface area contributed by atoms with Crippen LogP contribution in [0.2, 0.25) is 0 Å². The first-order valence-corrected chi connectivity index (χ1v) is 10.4. The van der Waals surface area contributed by atoms with Crippen molar-refractivity contribution in [2.75, 3.05) is 23.6 Å². The van der Waals surface area contributed by atoms with Crippen LogP contribution >= 0.6 is 0 Å². The molecule has 0 fully saturated rings. The molecule has 1 aromatic carbocycles. The zero-order valence-electron chi connectivity index (χ0n) is 19.3. The Labute approximate surface area is 205 Å². The van der Waals surface area contributed by atoms with E-state index in [1.165, 1.54) is 31.9 Å². The summed E-state index contributed by atoms with van der Waals surface area (Å²) in [6, 6.07) is 4.89. The zero-order chi connectivity index (χ0) is 27.3. The van der Waals surface area contributed by atoms with Gasteiger partial charge in [0.2, 0.25) is 5.88 Å². The van der Waals surface area contributed by atoms with E-state index in [0.29, 0.717) is 6.07 Å². The Hall–Kier alpha value is -4.10. The summed E-state index contributed by atoms with van der Waals surface area (Å²) in [5.74, 6) is -2.66. The number of rotatable bonds is 4. The number of aryl methyl sites for hydroxylation is 2. The highest BCUT2D eigenvalue weighted by atomic mass is 19.4. The summed E-state index contributed by atoms with van der Waals surface area (Å²) < 4.78 is 101. The molecule has 3 heterocycles. The number of benzene rings is 1. The van der Waals surface area contributed by atoms with E-state index in [0.717, 1.165) is 29.3 Å². The van der Waals surface area contributed by atoms with Gasteiger partial charge in [0.15, 0.2) is 5.82 Å². The first kappa shape index (κ1) is 26.0. The first-order chi connectivity index (χ1) is 17.2. The van der Waals surface area contributed by atoms with E-state index in [4.69, 9.17) is 4.74 Å². The molecule has 1 aliphatic heterocycles. The number of hydrogen-bond acceptors (Lipinski definition) is 6. The third-order valence-electron chi connectivity index (χ3n) is 5.51. The lowest BCUT2D eigenvalue weighted by Crippen LogP contribution is -2.46. The average Bonchev–Trinajstić information content (AvgIpc) is 2.79. The molecule has 0 saturated carbocycles. The summed E-state index contributed by atoms with van der Waals surface area (Å²) in [7, 11) is 1.19. The summed E-state index contributed by atoms with van der Waals surface area (Å²) in [5.41, 5.74) is -1.17. The van der Waals surface area contributed by atoms with Gasteiger partial charge in [0.05, 0.1) is 35.9 Å². The summed E-state index contributed by atoms with van der Waals surface area (Å²) in [6.07, 6.45) is -8.94. The number of methoxy groups -OCH3 is 1. The number of alkyl halides is 6. The van der Waals surface area contributed by atoms with Crippen LogP contribution in [0.5, 0.6) is 11.6 Å². The van der Waals surface area contributed by atoms with Crippen LogP contribution in [0.15, 0.2) is 36.5 Å². The van der Waals surface area contributed by atoms with Gasteiger partial charge < -0.3 is 14.4 Å². The molecule has 0 aliphatic carbocycles. The Morgan fingerprint density at radius 1 is 0.946 bits per heavy atom. The van der Waals surface area contributed by atoms with E-state index in [-0.39, 0.29) is 40.9 Å². The molecule has 3 aromatic rings. The predicted molar refractivity (Wildman–Crippen MR) is 116 cm³/mol. The Balaban J connectivity index is 1.87. The maximum absolute atomic E-state index is 14.5. The van der Waals surface area contributed by atoms with E-state index in [2.05, 4.69) is 14.7 Å². The molecule has 1 amide bonds. The zero-order valence-corrected chi connectivity index (χ0v) is 19.3. The largest absolute Gasteiger partial charge is 0.573 e. The molecule has 7 nitrogen and oxygen atoms in total. The van der Waals surface area contributed by atoms with Crippen molar-refractivity contribution >= 4 is 23.0 Å². The molecule has 0 N–H and O–H groups in total. The molecular formula is C23H17F7N4O3. The highest BCUT2D eigenvalue weighted by Gasteiger charge is 2.39. The van der Waals surface area contributed by atoms with Crippen LogP contribution in [0.4, 0.5) is 47.8 Å². The van der Waals surface area contributed by atoms with E-state index >= 15 is 0 Å². The first-order valence-electron chi connectivity index (χ1n) is 10.4. The van der Waals surface area contributed by atoms with Crippen LogP contribution in [0.25, 0.3) is 0 Å². The number of halogens is 7. The number of anilines is 3. The Morgan fingerprint density at radius 2 is 1.65 bits per heavy atom. The molecule has 0 spiro atoms. The second kappa shape index (κ2) is 9.09. The molecule has 1 aliphatic rings. The fourth-order valence-electron chi connectivity index (χ4n) is 3.90. The molecule has 0 unspecified atom stereocenters. The van der Waals surface area contributed by atoms with Crippen LogP contribution in [0.3, 0.4) is 0 Å². The quantitative estimate of drug-likeness (QED) is 0.391. The standard InChI is InChI=1S/C23H17F7N4O3/c1-11-6-13(37-23(28,29)30)4-5-16(11)33-10-34(17-8-15(24)20(36-3)32-12(17)2)21(35)14-7-19(22(25,26)27)31-9-18(14)33/h4-9H,10H2,1-3H3. The van der Waals surface area contributed by atoms with Gasteiger partial charge in [0.25, 0.3) is 5.91 Å².